The van der Waals surface area contributed by atoms with Gasteiger partial charge >= 0.3 is 17.9 Å². The average molecular weight is 863 g/mol. The highest BCUT2D eigenvalue weighted by Gasteiger charge is 2.19. The molecular weight excluding hydrogens is 757 g/mol. The van der Waals surface area contributed by atoms with E-state index in [0.29, 0.717) is 19.3 Å². The summed E-state index contributed by atoms with van der Waals surface area (Å²) in [4.78, 5) is 38.0. The quantitative estimate of drug-likeness (QED) is 0.0344. The number of rotatable bonds is 49. The molecule has 1 unspecified atom stereocenters. The molecule has 0 spiro atoms. The van der Waals surface area contributed by atoms with Crippen LogP contribution in [-0.4, -0.2) is 37.2 Å². The lowest BCUT2D eigenvalue weighted by molar-refractivity contribution is -0.167. The molecule has 0 aromatic heterocycles. The van der Waals surface area contributed by atoms with Crippen molar-refractivity contribution in [2.24, 2.45) is 11.8 Å². The lowest BCUT2D eigenvalue weighted by Gasteiger charge is -2.18. The van der Waals surface area contributed by atoms with Crippen LogP contribution in [-0.2, 0) is 28.6 Å². The number of carbonyl (C=O) groups is 3. The molecule has 0 rings (SSSR count). The molecule has 0 aromatic carbocycles. The zero-order valence-corrected chi connectivity index (χ0v) is 41.8. The molecule has 0 aliphatic rings. The van der Waals surface area contributed by atoms with Gasteiger partial charge in [-0.15, -0.1) is 0 Å². The fraction of sp³-hybridized carbons (Fsp3) is 0.945. The van der Waals surface area contributed by atoms with E-state index in [9.17, 15) is 14.4 Å². The topological polar surface area (TPSA) is 78.9 Å². The fourth-order valence-electron chi connectivity index (χ4n) is 8.31. The molecule has 0 saturated carbocycles. The molecule has 0 bridgehead atoms. The molecule has 0 saturated heterocycles. The summed E-state index contributed by atoms with van der Waals surface area (Å²) in [6.45, 7) is 11.4. The average Bonchev–Trinajstić information content (AvgIpc) is 3.24. The van der Waals surface area contributed by atoms with Gasteiger partial charge in [0, 0.05) is 19.3 Å². The van der Waals surface area contributed by atoms with Gasteiger partial charge in [0.2, 0.25) is 0 Å². The van der Waals surface area contributed by atoms with E-state index in [0.717, 1.165) is 69.6 Å². The summed E-state index contributed by atoms with van der Waals surface area (Å²) < 4.78 is 16.8. The smallest absolute Gasteiger partial charge is 0.306 e. The van der Waals surface area contributed by atoms with E-state index in [2.05, 4.69) is 34.6 Å². The standard InChI is InChI=1S/C55H106O6/c1-6-8-9-10-11-12-13-14-15-16-20-23-26-29-35-40-45-53(56)59-48-52(49-60-54(57)46-41-36-32-31-34-39-44-51(5)7-2)61-55(58)47-42-37-30-27-24-21-18-17-19-22-25-28-33-38-43-50(3)4/h50-52H,6-49H2,1-5H3/t51?,52-/m1/s1. The van der Waals surface area contributed by atoms with E-state index in [1.807, 2.05) is 0 Å². The summed E-state index contributed by atoms with van der Waals surface area (Å²) in [5.74, 6) is 0.810. The van der Waals surface area contributed by atoms with Gasteiger partial charge in [-0.25, -0.2) is 0 Å². The highest BCUT2D eigenvalue weighted by molar-refractivity contribution is 5.71. The van der Waals surface area contributed by atoms with Gasteiger partial charge in [0.15, 0.2) is 6.10 Å². The summed E-state index contributed by atoms with van der Waals surface area (Å²) >= 11 is 0. The first-order valence-electron chi connectivity index (χ1n) is 27.3. The van der Waals surface area contributed by atoms with Crippen LogP contribution in [0.25, 0.3) is 0 Å². The van der Waals surface area contributed by atoms with E-state index in [4.69, 9.17) is 14.2 Å². The van der Waals surface area contributed by atoms with Crippen molar-refractivity contribution in [2.75, 3.05) is 13.2 Å². The molecule has 61 heavy (non-hydrogen) atoms. The zero-order valence-electron chi connectivity index (χ0n) is 41.8. The van der Waals surface area contributed by atoms with Gasteiger partial charge in [-0.05, 0) is 31.1 Å². The summed E-state index contributed by atoms with van der Waals surface area (Å²) in [5, 5.41) is 0. The first-order chi connectivity index (χ1) is 29.8. The second kappa shape index (κ2) is 47.9. The molecule has 6 nitrogen and oxygen atoms in total. The van der Waals surface area contributed by atoms with E-state index >= 15 is 0 Å². The molecule has 0 radical (unpaired) electrons. The Morgan fingerprint density at radius 2 is 0.623 bits per heavy atom. The highest BCUT2D eigenvalue weighted by atomic mass is 16.6. The fourth-order valence-corrected chi connectivity index (χ4v) is 8.31. The minimum absolute atomic E-state index is 0.0638. The van der Waals surface area contributed by atoms with Crippen LogP contribution in [0.15, 0.2) is 0 Å². The zero-order chi connectivity index (χ0) is 44.7. The molecule has 0 N–H and O–H groups in total. The number of unbranched alkanes of at least 4 members (excludes halogenated alkanes) is 33. The van der Waals surface area contributed by atoms with E-state index in [-0.39, 0.29) is 31.1 Å². The molecule has 6 heteroatoms. The Morgan fingerprint density at radius 3 is 0.934 bits per heavy atom. The van der Waals surface area contributed by atoms with E-state index in [1.54, 1.807) is 0 Å². The number of esters is 3. The van der Waals surface area contributed by atoms with E-state index < -0.39 is 6.10 Å². The normalized spacial score (nSPS) is 12.5. The largest absolute Gasteiger partial charge is 0.462 e. The van der Waals surface area contributed by atoms with Crippen molar-refractivity contribution in [1.82, 2.24) is 0 Å². The van der Waals surface area contributed by atoms with Gasteiger partial charge in [-0.3, -0.25) is 14.4 Å². The molecular formula is C55H106O6. The third-order valence-corrected chi connectivity index (χ3v) is 12.8. The Morgan fingerprint density at radius 1 is 0.344 bits per heavy atom. The monoisotopic (exact) mass is 863 g/mol. The van der Waals surface area contributed by atoms with Crippen LogP contribution in [0, 0.1) is 11.8 Å². The molecule has 362 valence electrons. The van der Waals surface area contributed by atoms with Gasteiger partial charge in [-0.2, -0.15) is 0 Å². The van der Waals surface area contributed by atoms with Crippen molar-refractivity contribution in [3.8, 4) is 0 Å². The van der Waals surface area contributed by atoms with Gasteiger partial charge in [0.1, 0.15) is 13.2 Å². The van der Waals surface area contributed by atoms with Gasteiger partial charge in [0.25, 0.3) is 0 Å². The molecule has 0 aliphatic heterocycles. The van der Waals surface area contributed by atoms with Gasteiger partial charge in [0.05, 0.1) is 0 Å². The third-order valence-electron chi connectivity index (χ3n) is 12.8. The van der Waals surface area contributed by atoms with Gasteiger partial charge < -0.3 is 14.2 Å². The predicted molar refractivity (Wildman–Crippen MR) is 261 cm³/mol. The van der Waals surface area contributed by atoms with Crippen LogP contribution < -0.4 is 0 Å². The SMILES string of the molecule is CCCCCCCCCCCCCCCCCCC(=O)OC[C@H](COC(=O)CCCCCCCCC(C)CC)OC(=O)CCCCCCCCCCCCCCCCC(C)C. The van der Waals surface area contributed by atoms with Crippen molar-refractivity contribution in [3.63, 3.8) is 0 Å². The Hall–Kier alpha value is -1.59. The van der Waals surface area contributed by atoms with E-state index in [1.165, 1.54) is 193 Å². The molecule has 0 fully saturated rings. The minimum Gasteiger partial charge on any atom is -0.462 e. The molecule has 0 aliphatic carbocycles. The number of carbonyl (C=O) groups excluding carboxylic acids is 3. The van der Waals surface area contributed by atoms with Crippen LogP contribution in [0.3, 0.4) is 0 Å². The second-order valence-corrected chi connectivity index (χ2v) is 19.6. The maximum absolute atomic E-state index is 12.8. The van der Waals surface area contributed by atoms with Crippen molar-refractivity contribution in [1.29, 1.82) is 0 Å². The predicted octanol–water partition coefficient (Wildman–Crippen LogP) is 17.7. The summed E-state index contributed by atoms with van der Waals surface area (Å²) in [5.41, 5.74) is 0. The van der Waals surface area contributed by atoms with Crippen molar-refractivity contribution >= 4 is 17.9 Å². The third kappa shape index (κ3) is 47.7. The second-order valence-electron chi connectivity index (χ2n) is 19.6. The van der Waals surface area contributed by atoms with Crippen molar-refractivity contribution < 1.29 is 28.6 Å². The van der Waals surface area contributed by atoms with Crippen LogP contribution >= 0.6 is 0 Å². The Kier molecular flexibility index (Phi) is 46.6. The molecule has 2 atom stereocenters. The lowest BCUT2D eigenvalue weighted by Crippen LogP contribution is -2.30. The maximum Gasteiger partial charge on any atom is 0.306 e. The first kappa shape index (κ1) is 59.4. The molecule has 0 heterocycles. The summed E-state index contributed by atoms with van der Waals surface area (Å²) in [6, 6.07) is 0. The number of hydrogen-bond acceptors (Lipinski definition) is 6. The Bertz CT molecular complexity index is 933. The van der Waals surface area contributed by atoms with Crippen LogP contribution in [0.1, 0.15) is 304 Å². The summed E-state index contributed by atoms with van der Waals surface area (Å²) in [7, 11) is 0. The summed E-state index contributed by atoms with van der Waals surface area (Å²) in [6.07, 6.45) is 49.5. The Balaban J connectivity index is 4.28. The first-order valence-corrected chi connectivity index (χ1v) is 27.3. The maximum atomic E-state index is 12.8. The lowest BCUT2D eigenvalue weighted by atomic mass is 10.00. The Labute approximate surface area is 380 Å². The molecule has 0 aromatic rings. The van der Waals surface area contributed by atoms with Crippen molar-refractivity contribution in [2.45, 2.75) is 310 Å². The van der Waals surface area contributed by atoms with Crippen LogP contribution in [0.4, 0.5) is 0 Å². The van der Waals surface area contributed by atoms with Crippen LogP contribution in [0.5, 0.6) is 0 Å². The highest BCUT2D eigenvalue weighted by Crippen LogP contribution is 2.18. The van der Waals surface area contributed by atoms with Crippen molar-refractivity contribution in [3.05, 3.63) is 0 Å². The van der Waals surface area contributed by atoms with Crippen LogP contribution in [0.2, 0.25) is 0 Å². The minimum atomic E-state index is -0.762. The number of hydrogen-bond donors (Lipinski definition) is 0. The number of ether oxygens (including phenoxy) is 3. The molecule has 0 amide bonds. The van der Waals surface area contributed by atoms with Gasteiger partial charge in [-0.1, -0.05) is 266 Å².